The molecule has 0 aliphatic carbocycles. The van der Waals surface area contributed by atoms with Crippen molar-refractivity contribution in [2.75, 3.05) is 43.1 Å². The average molecular weight is 453 g/mol. The quantitative estimate of drug-likeness (QED) is 0.740. The highest BCUT2D eigenvalue weighted by Crippen LogP contribution is 2.36. The van der Waals surface area contributed by atoms with E-state index in [9.17, 15) is 9.59 Å². The third-order valence-electron chi connectivity index (χ3n) is 6.27. The van der Waals surface area contributed by atoms with Crippen molar-refractivity contribution in [3.63, 3.8) is 0 Å². The Labute approximate surface area is 194 Å². The number of hydrogen-bond donors (Lipinski definition) is 2. The van der Waals surface area contributed by atoms with Crippen LogP contribution in [-0.4, -0.2) is 65.7 Å². The molecule has 1 saturated heterocycles. The smallest absolute Gasteiger partial charge is 0.319 e. The third kappa shape index (κ3) is 4.78. The van der Waals surface area contributed by atoms with Gasteiger partial charge in [-0.3, -0.25) is 4.79 Å². The molecule has 9 nitrogen and oxygen atoms in total. The highest BCUT2D eigenvalue weighted by molar-refractivity contribution is 5.89. The zero-order valence-corrected chi connectivity index (χ0v) is 19.7. The number of carbonyl (C=O) groups is 2. The lowest BCUT2D eigenvalue weighted by Gasteiger charge is -2.39. The SMILES string of the molecule is CCNC(=O)Nc1ccc(-c2nc3c(c(N4CCOC[C@@H]4C)n2)CCN(C(C)=O)[C@@H]3C)cc1. The minimum Gasteiger partial charge on any atom is -0.377 e. The van der Waals surface area contributed by atoms with E-state index in [1.165, 1.54) is 0 Å². The van der Waals surface area contributed by atoms with Crippen molar-refractivity contribution in [2.24, 2.45) is 0 Å². The normalized spacial score (nSPS) is 20.2. The predicted molar refractivity (Wildman–Crippen MR) is 127 cm³/mol. The maximum Gasteiger partial charge on any atom is 0.319 e. The lowest BCUT2D eigenvalue weighted by atomic mass is 9.97. The second-order valence-corrected chi connectivity index (χ2v) is 8.55. The first kappa shape index (κ1) is 23.0. The van der Waals surface area contributed by atoms with Gasteiger partial charge in [0.2, 0.25) is 5.91 Å². The van der Waals surface area contributed by atoms with Gasteiger partial charge in [-0.2, -0.15) is 0 Å². The van der Waals surface area contributed by atoms with Crippen LogP contribution in [0.25, 0.3) is 11.4 Å². The monoisotopic (exact) mass is 452 g/mol. The summed E-state index contributed by atoms with van der Waals surface area (Å²) < 4.78 is 5.65. The van der Waals surface area contributed by atoms with Gasteiger partial charge in [0.1, 0.15) is 5.82 Å². The maximum atomic E-state index is 12.2. The highest BCUT2D eigenvalue weighted by Gasteiger charge is 2.33. The molecular weight excluding hydrogens is 420 g/mol. The number of anilines is 2. The molecule has 0 unspecified atom stereocenters. The standard InChI is InChI=1S/C24H32N6O3/c1-5-25-24(32)26-19-8-6-18(7-9-19)22-27-21-16(3)30(17(4)31)11-10-20(21)23(28-22)29-12-13-33-14-15(29)2/h6-9,15-16H,5,10-14H2,1-4H3,(H2,25,26,32)/t15-,16+/m0/s1. The lowest BCUT2D eigenvalue weighted by molar-refractivity contribution is -0.131. The highest BCUT2D eigenvalue weighted by atomic mass is 16.5. The lowest BCUT2D eigenvalue weighted by Crippen LogP contribution is -2.46. The molecule has 1 aromatic heterocycles. The van der Waals surface area contributed by atoms with Crippen LogP contribution in [0.1, 0.15) is 45.0 Å². The van der Waals surface area contributed by atoms with Crippen molar-refractivity contribution < 1.29 is 14.3 Å². The van der Waals surface area contributed by atoms with Crippen LogP contribution < -0.4 is 15.5 Å². The molecule has 0 radical (unpaired) electrons. The number of nitrogens with zero attached hydrogens (tertiary/aromatic N) is 4. The average Bonchev–Trinajstić information content (AvgIpc) is 2.80. The van der Waals surface area contributed by atoms with Crippen LogP contribution in [0.5, 0.6) is 0 Å². The van der Waals surface area contributed by atoms with E-state index < -0.39 is 0 Å². The van der Waals surface area contributed by atoms with E-state index in [2.05, 4.69) is 22.5 Å². The van der Waals surface area contributed by atoms with Crippen LogP contribution in [0, 0.1) is 0 Å². The molecule has 0 saturated carbocycles. The summed E-state index contributed by atoms with van der Waals surface area (Å²) in [6.45, 7) is 11.0. The van der Waals surface area contributed by atoms with Gasteiger partial charge in [0, 0.05) is 43.4 Å². The molecular formula is C24H32N6O3. The van der Waals surface area contributed by atoms with Gasteiger partial charge in [-0.05, 0) is 51.5 Å². The number of urea groups is 1. The second kappa shape index (κ2) is 9.74. The number of morpholine rings is 1. The largest absolute Gasteiger partial charge is 0.377 e. The summed E-state index contributed by atoms with van der Waals surface area (Å²) in [7, 11) is 0. The topological polar surface area (TPSA) is 99.7 Å². The van der Waals surface area contributed by atoms with Gasteiger partial charge < -0.3 is 25.2 Å². The van der Waals surface area contributed by atoms with E-state index in [1.54, 1.807) is 6.92 Å². The number of fused-ring (bicyclic) bond motifs is 1. The number of amides is 3. The Bertz CT molecular complexity index is 1030. The molecule has 9 heteroatoms. The summed E-state index contributed by atoms with van der Waals surface area (Å²) >= 11 is 0. The Morgan fingerprint density at radius 1 is 1.15 bits per heavy atom. The minimum atomic E-state index is -0.239. The molecule has 2 aliphatic heterocycles. The van der Waals surface area contributed by atoms with Crippen molar-refractivity contribution in [3.05, 3.63) is 35.5 Å². The summed E-state index contributed by atoms with van der Waals surface area (Å²) in [6, 6.07) is 7.35. The number of rotatable bonds is 4. The van der Waals surface area contributed by atoms with E-state index in [1.807, 2.05) is 43.0 Å². The zero-order chi connectivity index (χ0) is 23.5. The summed E-state index contributed by atoms with van der Waals surface area (Å²) in [5.41, 5.74) is 3.57. The van der Waals surface area contributed by atoms with Gasteiger partial charge in [-0.1, -0.05) is 0 Å². The predicted octanol–water partition coefficient (Wildman–Crippen LogP) is 2.98. The van der Waals surface area contributed by atoms with E-state index in [0.29, 0.717) is 37.8 Å². The van der Waals surface area contributed by atoms with Gasteiger partial charge in [0.15, 0.2) is 5.82 Å². The fraction of sp³-hybridized carbons (Fsp3) is 0.500. The van der Waals surface area contributed by atoms with Crippen LogP contribution in [0.3, 0.4) is 0 Å². The van der Waals surface area contributed by atoms with Gasteiger partial charge in [0.25, 0.3) is 0 Å². The van der Waals surface area contributed by atoms with Crippen molar-refractivity contribution in [2.45, 2.75) is 46.2 Å². The van der Waals surface area contributed by atoms with E-state index in [0.717, 1.165) is 35.6 Å². The molecule has 2 N–H and O–H groups in total. The molecule has 1 aromatic carbocycles. The first-order valence-electron chi connectivity index (χ1n) is 11.6. The number of nitrogens with one attached hydrogen (secondary N) is 2. The zero-order valence-electron chi connectivity index (χ0n) is 19.7. The van der Waals surface area contributed by atoms with Crippen LogP contribution in [-0.2, 0) is 16.0 Å². The summed E-state index contributed by atoms with van der Waals surface area (Å²) in [6.07, 6.45) is 0.730. The Balaban J connectivity index is 1.73. The van der Waals surface area contributed by atoms with E-state index in [-0.39, 0.29) is 24.0 Å². The molecule has 2 aliphatic rings. The molecule has 0 bridgehead atoms. The van der Waals surface area contributed by atoms with Crippen LogP contribution in [0.4, 0.5) is 16.3 Å². The Morgan fingerprint density at radius 3 is 2.58 bits per heavy atom. The number of hydrogen-bond acceptors (Lipinski definition) is 6. The molecule has 2 aromatic rings. The minimum absolute atomic E-state index is 0.0513. The first-order valence-corrected chi connectivity index (χ1v) is 11.6. The van der Waals surface area contributed by atoms with Crippen LogP contribution in [0.2, 0.25) is 0 Å². The van der Waals surface area contributed by atoms with Crippen molar-refractivity contribution in [3.8, 4) is 11.4 Å². The summed E-state index contributed by atoms with van der Waals surface area (Å²) in [4.78, 5) is 38.1. The molecule has 1 fully saturated rings. The van der Waals surface area contributed by atoms with Gasteiger partial charge in [0.05, 0.1) is 31.0 Å². The number of benzene rings is 1. The number of carbonyl (C=O) groups excluding carboxylic acids is 2. The van der Waals surface area contributed by atoms with E-state index >= 15 is 0 Å². The number of aromatic nitrogens is 2. The fourth-order valence-corrected chi connectivity index (χ4v) is 4.52. The van der Waals surface area contributed by atoms with Crippen molar-refractivity contribution >= 4 is 23.4 Å². The maximum absolute atomic E-state index is 12.2. The molecule has 0 spiro atoms. The second-order valence-electron chi connectivity index (χ2n) is 8.55. The van der Waals surface area contributed by atoms with E-state index in [4.69, 9.17) is 14.7 Å². The first-order chi connectivity index (χ1) is 15.9. The molecule has 3 heterocycles. The molecule has 2 atom stereocenters. The van der Waals surface area contributed by atoms with Crippen LogP contribution in [0.15, 0.2) is 24.3 Å². The summed E-state index contributed by atoms with van der Waals surface area (Å²) in [5, 5.41) is 5.53. The number of ether oxygens (including phenoxy) is 1. The van der Waals surface area contributed by atoms with Gasteiger partial charge in [-0.25, -0.2) is 14.8 Å². The molecule has 3 amide bonds. The van der Waals surface area contributed by atoms with Crippen LogP contribution >= 0.6 is 0 Å². The molecule has 33 heavy (non-hydrogen) atoms. The Kier molecular flexibility index (Phi) is 6.78. The Morgan fingerprint density at radius 2 is 1.91 bits per heavy atom. The Hall–Kier alpha value is -3.20. The van der Waals surface area contributed by atoms with Crippen molar-refractivity contribution in [1.29, 1.82) is 0 Å². The van der Waals surface area contributed by atoms with Crippen molar-refractivity contribution in [1.82, 2.24) is 20.2 Å². The van der Waals surface area contributed by atoms with Gasteiger partial charge >= 0.3 is 6.03 Å². The summed E-state index contributed by atoms with van der Waals surface area (Å²) in [5.74, 6) is 1.60. The fourth-order valence-electron chi connectivity index (χ4n) is 4.52. The van der Waals surface area contributed by atoms with Gasteiger partial charge in [-0.15, -0.1) is 0 Å². The molecule has 176 valence electrons. The molecule has 4 rings (SSSR count). The third-order valence-corrected chi connectivity index (χ3v) is 6.27.